The molecule has 0 aromatic heterocycles. The summed E-state index contributed by atoms with van der Waals surface area (Å²) in [6.45, 7) is -0.453. The Morgan fingerprint density at radius 2 is 1.96 bits per heavy atom. The number of nitro groups is 1. The number of hydrogen-bond acceptors (Lipinski definition) is 8. The van der Waals surface area contributed by atoms with E-state index in [4.69, 9.17) is 18.9 Å². The summed E-state index contributed by atoms with van der Waals surface area (Å²) >= 11 is 0. The van der Waals surface area contributed by atoms with Crippen molar-refractivity contribution in [2.24, 2.45) is 0 Å². The fraction of sp³-hybridized carbons (Fsp3) is 0.176. The molecule has 0 saturated heterocycles. The number of carbonyl (C=O) groups is 2. The summed E-state index contributed by atoms with van der Waals surface area (Å²) < 4.78 is 20.1. The highest BCUT2D eigenvalue weighted by molar-refractivity contribution is 5.96. The second-order valence-corrected chi connectivity index (χ2v) is 5.34. The van der Waals surface area contributed by atoms with Crippen LogP contribution in [0.15, 0.2) is 36.4 Å². The van der Waals surface area contributed by atoms with Crippen LogP contribution in [-0.2, 0) is 9.53 Å². The Bertz CT molecular complexity index is 912. The van der Waals surface area contributed by atoms with Crippen molar-refractivity contribution in [1.82, 2.24) is 0 Å². The van der Waals surface area contributed by atoms with Gasteiger partial charge < -0.3 is 24.3 Å². The zero-order chi connectivity index (χ0) is 19.4. The minimum absolute atomic E-state index is 0.0112. The standard InChI is InChI=1S/C17H14N2O8/c1-24-13-4-2-10(6-12(13)19(22)23)17(21)25-8-16(20)18-11-3-5-14-15(7-11)27-9-26-14/h2-7H,8-9H2,1H3,(H,18,20). The fourth-order valence-corrected chi connectivity index (χ4v) is 2.35. The van der Waals surface area contributed by atoms with E-state index in [1.165, 1.54) is 19.2 Å². The van der Waals surface area contributed by atoms with E-state index in [-0.39, 0.29) is 23.8 Å². The molecule has 140 valence electrons. The van der Waals surface area contributed by atoms with Crippen LogP contribution in [0.3, 0.4) is 0 Å². The molecule has 1 heterocycles. The van der Waals surface area contributed by atoms with Gasteiger partial charge in [0.2, 0.25) is 6.79 Å². The van der Waals surface area contributed by atoms with E-state index in [1.54, 1.807) is 18.2 Å². The molecular weight excluding hydrogens is 360 g/mol. The lowest BCUT2D eigenvalue weighted by molar-refractivity contribution is -0.385. The first-order valence-electron chi connectivity index (χ1n) is 7.67. The molecule has 1 aliphatic heterocycles. The van der Waals surface area contributed by atoms with Crippen LogP contribution >= 0.6 is 0 Å². The Balaban J connectivity index is 1.59. The number of anilines is 1. The van der Waals surface area contributed by atoms with Gasteiger partial charge in [-0.2, -0.15) is 0 Å². The van der Waals surface area contributed by atoms with Gasteiger partial charge in [0.05, 0.1) is 17.6 Å². The van der Waals surface area contributed by atoms with Crippen LogP contribution in [0.25, 0.3) is 0 Å². The third-order valence-corrected chi connectivity index (χ3v) is 3.60. The van der Waals surface area contributed by atoms with Crippen molar-refractivity contribution in [3.8, 4) is 17.2 Å². The van der Waals surface area contributed by atoms with Crippen molar-refractivity contribution in [2.75, 3.05) is 25.8 Å². The van der Waals surface area contributed by atoms with Crippen molar-refractivity contribution in [3.05, 3.63) is 52.1 Å². The number of ether oxygens (including phenoxy) is 4. The second kappa shape index (κ2) is 7.60. The smallest absolute Gasteiger partial charge is 0.338 e. The van der Waals surface area contributed by atoms with Gasteiger partial charge in [-0.25, -0.2) is 4.79 Å². The van der Waals surface area contributed by atoms with Crippen LogP contribution in [-0.4, -0.2) is 37.3 Å². The first-order chi connectivity index (χ1) is 13.0. The molecule has 1 amide bonds. The van der Waals surface area contributed by atoms with E-state index in [9.17, 15) is 19.7 Å². The fourth-order valence-electron chi connectivity index (χ4n) is 2.35. The summed E-state index contributed by atoms with van der Waals surface area (Å²) in [7, 11) is 1.28. The van der Waals surface area contributed by atoms with Gasteiger partial charge in [-0.3, -0.25) is 14.9 Å². The van der Waals surface area contributed by atoms with Gasteiger partial charge in [0.25, 0.3) is 5.91 Å². The number of methoxy groups -OCH3 is 1. The minimum atomic E-state index is -0.874. The maximum Gasteiger partial charge on any atom is 0.338 e. The average molecular weight is 374 g/mol. The quantitative estimate of drug-likeness (QED) is 0.463. The molecular formula is C17H14N2O8. The van der Waals surface area contributed by atoms with Crippen LogP contribution in [0.4, 0.5) is 11.4 Å². The maximum atomic E-state index is 12.0. The van der Waals surface area contributed by atoms with Crippen LogP contribution in [0.2, 0.25) is 0 Å². The topological polar surface area (TPSA) is 126 Å². The van der Waals surface area contributed by atoms with Gasteiger partial charge in [-0.05, 0) is 24.3 Å². The molecule has 2 aromatic rings. The molecule has 10 nitrogen and oxygen atoms in total. The zero-order valence-electron chi connectivity index (χ0n) is 14.1. The van der Waals surface area contributed by atoms with E-state index in [0.29, 0.717) is 17.2 Å². The Labute approximate surface area is 152 Å². The monoisotopic (exact) mass is 374 g/mol. The number of nitro benzene ring substituents is 1. The summed E-state index contributed by atoms with van der Waals surface area (Å²) in [5.74, 6) is -0.375. The van der Waals surface area contributed by atoms with Gasteiger partial charge >= 0.3 is 11.7 Å². The molecule has 10 heteroatoms. The molecule has 3 rings (SSSR count). The second-order valence-electron chi connectivity index (χ2n) is 5.34. The lowest BCUT2D eigenvalue weighted by Gasteiger charge is -2.08. The number of rotatable bonds is 6. The van der Waals surface area contributed by atoms with Crippen molar-refractivity contribution in [1.29, 1.82) is 0 Å². The summed E-state index contributed by atoms with van der Waals surface area (Å²) in [5.41, 5.74) is -0.00414. The molecule has 0 fully saturated rings. The van der Waals surface area contributed by atoms with Gasteiger partial charge in [0, 0.05) is 17.8 Å². The predicted octanol–water partition coefficient (Wildman–Crippen LogP) is 2.13. The highest BCUT2D eigenvalue weighted by atomic mass is 16.7. The van der Waals surface area contributed by atoms with E-state index >= 15 is 0 Å². The Kier molecular flexibility index (Phi) is 5.06. The third-order valence-electron chi connectivity index (χ3n) is 3.60. The Hall–Kier alpha value is -3.82. The summed E-state index contributed by atoms with van der Waals surface area (Å²) in [6.07, 6.45) is 0. The van der Waals surface area contributed by atoms with Crippen molar-refractivity contribution < 1.29 is 33.5 Å². The number of benzene rings is 2. The summed E-state index contributed by atoms with van der Waals surface area (Å²) in [5, 5.41) is 13.5. The molecule has 0 saturated carbocycles. The molecule has 0 atom stereocenters. The lowest BCUT2D eigenvalue weighted by atomic mass is 10.2. The molecule has 0 radical (unpaired) electrons. The van der Waals surface area contributed by atoms with Crippen LogP contribution < -0.4 is 19.5 Å². The van der Waals surface area contributed by atoms with Gasteiger partial charge in [-0.15, -0.1) is 0 Å². The zero-order valence-corrected chi connectivity index (χ0v) is 14.1. The molecule has 0 unspecified atom stereocenters. The maximum absolute atomic E-state index is 12.0. The highest BCUT2D eigenvalue weighted by Gasteiger charge is 2.20. The highest BCUT2D eigenvalue weighted by Crippen LogP contribution is 2.34. The number of hydrogen-bond donors (Lipinski definition) is 1. The number of esters is 1. The van der Waals surface area contributed by atoms with Crippen molar-refractivity contribution >= 4 is 23.3 Å². The van der Waals surface area contributed by atoms with Gasteiger partial charge in [0.15, 0.2) is 23.9 Å². The number of carbonyl (C=O) groups excluding carboxylic acids is 2. The molecule has 2 aromatic carbocycles. The molecule has 0 aliphatic carbocycles. The molecule has 0 bridgehead atoms. The molecule has 1 N–H and O–H groups in total. The predicted molar refractivity (Wildman–Crippen MR) is 91.1 cm³/mol. The van der Waals surface area contributed by atoms with E-state index in [2.05, 4.69) is 5.32 Å². The normalized spacial score (nSPS) is 11.6. The first-order valence-corrected chi connectivity index (χ1v) is 7.67. The van der Waals surface area contributed by atoms with Crippen molar-refractivity contribution in [3.63, 3.8) is 0 Å². The van der Waals surface area contributed by atoms with Gasteiger partial charge in [0.1, 0.15) is 0 Å². The van der Waals surface area contributed by atoms with Crippen LogP contribution in [0, 0.1) is 10.1 Å². The van der Waals surface area contributed by atoms with Crippen molar-refractivity contribution in [2.45, 2.75) is 0 Å². The van der Waals surface area contributed by atoms with E-state index < -0.39 is 23.4 Å². The van der Waals surface area contributed by atoms with Crippen LogP contribution in [0.5, 0.6) is 17.2 Å². The minimum Gasteiger partial charge on any atom is -0.490 e. The van der Waals surface area contributed by atoms with E-state index in [1.807, 2.05) is 0 Å². The Morgan fingerprint density at radius 1 is 1.19 bits per heavy atom. The molecule has 1 aliphatic rings. The SMILES string of the molecule is COc1ccc(C(=O)OCC(=O)Nc2ccc3c(c2)OCO3)cc1[N+](=O)[O-]. The lowest BCUT2D eigenvalue weighted by Crippen LogP contribution is -2.21. The number of fused-ring (bicyclic) bond motifs is 1. The largest absolute Gasteiger partial charge is 0.490 e. The Morgan fingerprint density at radius 3 is 2.70 bits per heavy atom. The molecule has 27 heavy (non-hydrogen) atoms. The van der Waals surface area contributed by atoms with Gasteiger partial charge in [-0.1, -0.05) is 0 Å². The number of amides is 1. The molecule has 0 spiro atoms. The van der Waals surface area contributed by atoms with Crippen LogP contribution in [0.1, 0.15) is 10.4 Å². The average Bonchev–Trinajstić information content (AvgIpc) is 3.13. The summed E-state index contributed by atoms with van der Waals surface area (Å²) in [4.78, 5) is 34.3. The third kappa shape index (κ3) is 4.06. The summed E-state index contributed by atoms with van der Waals surface area (Å²) in [6, 6.07) is 8.44. The van der Waals surface area contributed by atoms with E-state index in [0.717, 1.165) is 6.07 Å². The number of nitrogens with one attached hydrogen (secondary N) is 1. The first kappa shape index (κ1) is 18.0. The number of nitrogens with zero attached hydrogens (tertiary/aromatic N) is 1.